The van der Waals surface area contributed by atoms with Gasteiger partial charge in [0.15, 0.2) is 4.90 Å². The van der Waals surface area contributed by atoms with Crippen molar-refractivity contribution >= 4 is 34.4 Å². The second-order valence-corrected chi connectivity index (χ2v) is 10.4. The molecule has 11 heteroatoms. The van der Waals surface area contributed by atoms with E-state index < -0.39 is 34.5 Å². The van der Waals surface area contributed by atoms with E-state index in [9.17, 15) is 9.35 Å². The predicted molar refractivity (Wildman–Crippen MR) is 120 cm³/mol. The summed E-state index contributed by atoms with van der Waals surface area (Å²) in [7, 11) is 0. The molecule has 2 aromatic carbocycles. The fourth-order valence-electron chi connectivity index (χ4n) is 3.29. The van der Waals surface area contributed by atoms with Crippen LogP contribution in [-0.2, 0) is 28.1 Å². The number of rotatable bonds is 3. The van der Waals surface area contributed by atoms with E-state index in [0.717, 1.165) is 5.56 Å². The zero-order valence-corrected chi connectivity index (χ0v) is 19.3. The molecular formula is C21H22ClFN6O2S. The smallest absolute Gasteiger partial charge is 0.249 e. The Balaban J connectivity index is 1.83. The summed E-state index contributed by atoms with van der Waals surface area (Å²) < 4.78 is 27.9. The fourth-order valence-corrected chi connectivity index (χ4v) is 4.70. The second kappa shape index (κ2) is 8.43. The van der Waals surface area contributed by atoms with E-state index in [-0.39, 0.29) is 28.6 Å². The molecule has 1 amide bonds. The number of fused-ring (bicyclic) bond motifs is 1. The number of carbonyl (C=O) groups excluding carboxylic acids is 1. The maximum Gasteiger partial charge on any atom is 0.249 e. The van der Waals surface area contributed by atoms with Crippen LogP contribution in [0.3, 0.4) is 0 Å². The molecule has 0 fully saturated rings. The van der Waals surface area contributed by atoms with Crippen LogP contribution in [0, 0.1) is 5.82 Å². The molecule has 0 spiro atoms. The molecule has 8 nitrogen and oxygen atoms in total. The largest absolute Gasteiger partial charge is 0.611 e. The highest BCUT2D eigenvalue weighted by Crippen LogP contribution is 2.36. The van der Waals surface area contributed by atoms with Gasteiger partial charge in [0, 0.05) is 11.1 Å². The van der Waals surface area contributed by atoms with Gasteiger partial charge in [-0.15, -0.1) is 10.2 Å². The minimum Gasteiger partial charge on any atom is -0.611 e. The van der Waals surface area contributed by atoms with Gasteiger partial charge < -0.3 is 15.2 Å². The van der Waals surface area contributed by atoms with Crippen molar-refractivity contribution in [2.75, 3.05) is 10.7 Å². The first kappa shape index (κ1) is 22.7. The van der Waals surface area contributed by atoms with Crippen LogP contribution < -0.4 is 10.6 Å². The molecule has 0 aliphatic carbocycles. The number of aromatic nitrogens is 4. The van der Waals surface area contributed by atoms with Gasteiger partial charge in [-0.2, -0.15) is 4.80 Å². The monoisotopic (exact) mass is 476 g/mol. The summed E-state index contributed by atoms with van der Waals surface area (Å²) in [5.41, 5.74) is 6.72. The highest BCUT2D eigenvalue weighted by Gasteiger charge is 2.37. The minimum atomic E-state index is -1.66. The molecule has 0 radical (unpaired) electrons. The zero-order valence-electron chi connectivity index (χ0n) is 17.7. The number of amides is 1. The van der Waals surface area contributed by atoms with Crippen molar-refractivity contribution in [3.63, 3.8) is 0 Å². The zero-order chi connectivity index (χ0) is 23.2. The van der Waals surface area contributed by atoms with Gasteiger partial charge in [0.05, 0.1) is 17.6 Å². The first-order chi connectivity index (χ1) is 15.0. The van der Waals surface area contributed by atoms with Crippen molar-refractivity contribution in [1.29, 1.82) is 0 Å². The summed E-state index contributed by atoms with van der Waals surface area (Å²) >= 11 is 4.31. The SMILES string of the molecule is CC(C)(C)n1nnc(-c2cc3c(cc2F)[S+]([O-])C[C@H](N)C(=O)N3Cc2ccc(Cl)cc2)n1. The van der Waals surface area contributed by atoms with E-state index >= 15 is 4.39 Å². The van der Waals surface area contributed by atoms with Crippen molar-refractivity contribution in [3.8, 4) is 11.4 Å². The molecule has 3 aromatic rings. The molecule has 0 saturated heterocycles. The maximum atomic E-state index is 15.1. The number of carbonyl (C=O) groups is 1. The molecule has 1 aromatic heterocycles. The van der Waals surface area contributed by atoms with Crippen LogP contribution in [0.25, 0.3) is 11.4 Å². The average Bonchev–Trinajstić information content (AvgIpc) is 3.20. The Hall–Kier alpha value is -2.53. The topological polar surface area (TPSA) is 113 Å². The van der Waals surface area contributed by atoms with Gasteiger partial charge in [0.25, 0.3) is 0 Å². The number of nitrogens with zero attached hydrogens (tertiary/aromatic N) is 5. The molecule has 0 saturated carbocycles. The van der Waals surface area contributed by atoms with Crippen molar-refractivity contribution in [3.05, 3.63) is 52.8 Å². The highest BCUT2D eigenvalue weighted by atomic mass is 35.5. The van der Waals surface area contributed by atoms with E-state index in [1.54, 1.807) is 24.3 Å². The van der Waals surface area contributed by atoms with Crippen LogP contribution in [0.5, 0.6) is 0 Å². The van der Waals surface area contributed by atoms with Crippen molar-refractivity contribution in [2.45, 2.75) is 43.8 Å². The lowest BCUT2D eigenvalue weighted by molar-refractivity contribution is -0.119. The number of benzene rings is 2. The Morgan fingerprint density at radius 1 is 1.28 bits per heavy atom. The van der Waals surface area contributed by atoms with Gasteiger partial charge >= 0.3 is 0 Å². The van der Waals surface area contributed by atoms with Crippen molar-refractivity contribution in [1.82, 2.24) is 20.2 Å². The van der Waals surface area contributed by atoms with Gasteiger partial charge in [0.2, 0.25) is 11.7 Å². The summed E-state index contributed by atoms with van der Waals surface area (Å²) in [5, 5.41) is 12.8. The number of hydrogen-bond acceptors (Lipinski definition) is 6. The standard InChI is InChI=1S/C21H22ClFN6O2S/c1-21(2,3)29-26-19(25-27-29)14-8-17-18(9-15(14)23)32(31)11-16(24)20(30)28(17)10-12-4-6-13(22)7-5-12/h4-9,16H,10-11,24H2,1-3H3/t16-,32?/m0/s1. The van der Waals surface area contributed by atoms with E-state index in [1.807, 2.05) is 20.8 Å². The first-order valence-corrected chi connectivity index (χ1v) is 11.6. The molecule has 4 rings (SSSR count). The van der Waals surface area contributed by atoms with E-state index in [0.29, 0.717) is 10.7 Å². The molecular weight excluding hydrogens is 455 g/mol. The quantitative estimate of drug-likeness (QED) is 0.581. The van der Waals surface area contributed by atoms with Gasteiger partial charge in [-0.3, -0.25) is 4.79 Å². The fraction of sp³-hybridized carbons (Fsp3) is 0.333. The van der Waals surface area contributed by atoms with Crippen LogP contribution >= 0.6 is 11.6 Å². The third-order valence-corrected chi connectivity index (χ3v) is 6.74. The average molecular weight is 477 g/mol. The first-order valence-electron chi connectivity index (χ1n) is 9.89. The second-order valence-electron chi connectivity index (χ2n) is 8.54. The molecule has 2 heterocycles. The number of nitrogens with two attached hydrogens (primary N) is 1. The summed E-state index contributed by atoms with van der Waals surface area (Å²) in [6, 6.07) is 8.61. The maximum absolute atomic E-state index is 15.1. The van der Waals surface area contributed by atoms with Crippen LogP contribution in [0.4, 0.5) is 10.1 Å². The third-order valence-electron chi connectivity index (χ3n) is 5.01. The summed E-state index contributed by atoms with van der Waals surface area (Å²) in [6.07, 6.45) is 0. The van der Waals surface area contributed by atoms with Crippen LogP contribution in [0.1, 0.15) is 26.3 Å². The van der Waals surface area contributed by atoms with Gasteiger partial charge in [-0.25, -0.2) is 4.39 Å². The Bertz CT molecular complexity index is 1160. The lowest BCUT2D eigenvalue weighted by Gasteiger charge is -2.23. The van der Waals surface area contributed by atoms with E-state index in [1.165, 1.54) is 21.8 Å². The predicted octanol–water partition coefficient (Wildman–Crippen LogP) is 2.87. The third kappa shape index (κ3) is 4.36. The molecule has 1 aliphatic rings. The molecule has 168 valence electrons. The molecule has 32 heavy (non-hydrogen) atoms. The summed E-state index contributed by atoms with van der Waals surface area (Å²) in [4.78, 5) is 16.1. The number of tetrazole rings is 1. The Morgan fingerprint density at radius 2 is 1.97 bits per heavy atom. The van der Waals surface area contributed by atoms with Gasteiger partial charge in [-0.05, 0) is 60.9 Å². The lowest BCUT2D eigenvalue weighted by Crippen LogP contribution is -2.45. The number of hydrogen-bond donors (Lipinski definition) is 1. The van der Waals surface area contributed by atoms with Gasteiger partial charge in [-0.1, -0.05) is 23.7 Å². The van der Waals surface area contributed by atoms with E-state index in [2.05, 4.69) is 15.4 Å². The Morgan fingerprint density at radius 3 is 2.59 bits per heavy atom. The Kier molecular flexibility index (Phi) is 5.97. The minimum absolute atomic E-state index is 0.0561. The summed E-state index contributed by atoms with van der Waals surface area (Å²) in [5.74, 6) is -1.09. The van der Waals surface area contributed by atoms with E-state index in [4.69, 9.17) is 17.3 Å². The summed E-state index contributed by atoms with van der Waals surface area (Å²) in [6.45, 7) is 5.83. The van der Waals surface area contributed by atoms with Crippen LogP contribution in [0.15, 0.2) is 41.3 Å². The lowest BCUT2D eigenvalue weighted by atomic mass is 10.1. The van der Waals surface area contributed by atoms with Crippen LogP contribution in [-0.4, -0.2) is 42.5 Å². The Labute approximate surface area is 192 Å². The highest BCUT2D eigenvalue weighted by molar-refractivity contribution is 7.91. The molecule has 0 bridgehead atoms. The molecule has 1 unspecified atom stereocenters. The van der Waals surface area contributed by atoms with Crippen molar-refractivity contribution in [2.24, 2.45) is 5.73 Å². The molecule has 2 atom stereocenters. The van der Waals surface area contributed by atoms with Crippen LogP contribution in [0.2, 0.25) is 5.02 Å². The number of halogens is 2. The normalized spacial score (nSPS) is 19.1. The molecule has 2 N–H and O–H groups in total. The van der Waals surface area contributed by atoms with Crippen molar-refractivity contribution < 1.29 is 13.7 Å². The molecule has 1 aliphatic heterocycles. The van der Waals surface area contributed by atoms with Gasteiger partial charge in [0.1, 0.15) is 23.3 Å². The number of anilines is 1.